The number of hydrogen-bond acceptors (Lipinski definition) is 6. The van der Waals surface area contributed by atoms with E-state index in [0.29, 0.717) is 28.0 Å². The Hall–Kier alpha value is -3.16. The quantitative estimate of drug-likeness (QED) is 0.572. The lowest BCUT2D eigenvalue weighted by Gasteiger charge is -2.13. The van der Waals surface area contributed by atoms with Crippen LogP contribution in [0.1, 0.15) is 21.5 Å². The first-order chi connectivity index (χ1) is 14.6. The lowest BCUT2D eigenvalue weighted by Crippen LogP contribution is -2.19. The number of nitrogens with zero attached hydrogens (tertiary/aromatic N) is 2. The van der Waals surface area contributed by atoms with Gasteiger partial charge in [0.05, 0.1) is 30.7 Å². The van der Waals surface area contributed by atoms with Gasteiger partial charge in [0.15, 0.2) is 5.82 Å². The van der Waals surface area contributed by atoms with E-state index < -0.39 is 0 Å². The molecule has 154 valence electrons. The number of rotatable bonds is 5. The third kappa shape index (κ3) is 4.53. The maximum atomic E-state index is 12.1. The number of aromatic nitrogens is 2. The maximum Gasteiger partial charge on any atom is 0.253 e. The summed E-state index contributed by atoms with van der Waals surface area (Å²) in [4.78, 5) is 20.9. The van der Waals surface area contributed by atoms with Crippen molar-refractivity contribution in [3.05, 3.63) is 70.4 Å². The van der Waals surface area contributed by atoms with Crippen LogP contribution < -0.4 is 16.0 Å². The van der Waals surface area contributed by atoms with E-state index in [1.54, 1.807) is 25.2 Å². The Bertz CT molecular complexity index is 1070. The maximum absolute atomic E-state index is 12.1. The van der Waals surface area contributed by atoms with Crippen molar-refractivity contribution in [2.45, 2.75) is 12.8 Å². The minimum Gasteiger partial charge on any atom is -0.381 e. The highest BCUT2D eigenvalue weighted by molar-refractivity contribution is 6.33. The highest BCUT2D eigenvalue weighted by Gasteiger charge is 2.13. The molecule has 7 nitrogen and oxygen atoms in total. The van der Waals surface area contributed by atoms with Gasteiger partial charge in [-0.05, 0) is 48.2 Å². The van der Waals surface area contributed by atoms with Crippen LogP contribution in [0.2, 0.25) is 5.02 Å². The number of nitrogens with one attached hydrogen (secondary N) is 3. The zero-order chi connectivity index (χ0) is 20.9. The van der Waals surface area contributed by atoms with Gasteiger partial charge < -0.3 is 20.7 Å². The first kappa shape index (κ1) is 20.1. The van der Waals surface area contributed by atoms with Gasteiger partial charge in [-0.1, -0.05) is 29.8 Å². The highest BCUT2D eigenvalue weighted by Crippen LogP contribution is 2.27. The fraction of sp³-hybridized carbons (Fsp3) is 0.227. The molecular weight excluding hydrogens is 402 g/mol. The predicted octanol–water partition coefficient (Wildman–Crippen LogP) is 4.09. The fourth-order valence-corrected chi connectivity index (χ4v) is 3.48. The molecule has 4 rings (SSSR count). The molecule has 1 aromatic heterocycles. The Balaban J connectivity index is 1.57. The van der Waals surface area contributed by atoms with Crippen LogP contribution in [0, 0.1) is 0 Å². The predicted molar refractivity (Wildman–Crippen MR) is 118 cm³/mol. The molecule has 0 aliphatic carbocycles. The fourth-order valence-electron chi connectivity index (χ4n) is 3.34. The number of amides is 1. The third-order valence-corrected chi connectivity index (χ3v) is 5.17. The van der Waals surface area contributed by atoms with Crippen molar-refractivity contribution in [3.63, 3.8) is 0 Å². The average molecular weight is 424 g/mol. The topological polar surface area (TPSA) is 88.2 Å². The summed E-state index contributed by atoms with van der Waals surface area (Å²) in [5, 5.41) is 9.36. The lowest BCUT2D eigenvalue weighted by atomic mass is 10.0. The summed E-state index contributed by atoms with van der Waals surface area (Å²) >= 11 is 6.30. The SMILES string of the molecule is CNC(=O)c1ccccc1Nc1nc(Nc2ccc3c(c2)CCOCC3)ncc1Cl. The van der Waals surface area contributed by atoms with E-state index in [-0.39, 0.29) is 5.91 Å². The molecule has 0 bridgehead atoms. The summed E-state index contributed by atoms with van der Waals surface area (Å²) < 4.78 is 5.56. The van der Waals surface area contributed by atoms with Crippen molar-refractivity contribution in [2.24, 2.45) is 0 Å². The van der Waals surface area contributed by atoms with E-state index in [1.807, 2.05) is 12.1 Å². The molecule has 8 heteroatoms. The second-order valence-electron chi connectivity index (χ2n) is 6.86. The van der Waals surface area contributed by atoms with Crippen molar-refractivity contribution >= 4 is 40.6 Å². The Kier molecular flexibility index (Phi) is 6.11. The van der Waals surface area contributed by atoms with Crippen molar-refractivity contribution in [2.75, 3.05) is 30.9 Å². The summed E-state index contributed by atoms with van der Waals surface area (Å²) in [6.07, 6.45) is 3.33. The van der Waals surface area contributed by atoms with E-state index in [1.165, 1.54) is 17.3 Å². The molecular formula is C22H22ClN5O2. The Labute approximate surface area is 179 Å². The van der Waals surface area contributed by atoms with Gasteiger partial charge in [0, 0.05) is 12.7 Å². The summed E-state index contributed by atoms with van der Waals surface area (Å²) in [6, 6.07) is 13.4. The van der Waals surface area contributed by atoms with Crippen LogP contribution in [0.25, 0.3) is 0 Å². The molecule has 0 saturated carbocycles. The summed E-state index contributed by atoms with van der Waals surface area (Å²) in [6.45, 7) is 1.49. The minimum absolute atomic E-state index is 0.199. The molecule has 30 heavy (non-hydrogen) atoms. The Morgan fingerprint density at radius 2 is 1.87 bits per heavy atom. The van der Waals surface area contributed by atoms with Crippen LogP contribution in [-0.2, 0) is 17.6 Å². The van der Waals surface area contributed by atoms with Gasteiger partial charge in [-0.15, -0.1) is 0 Å². The van der Waals surface area contributed by atoms with E-state index in [2.05, 4.69) is 38.1 Å². The van der Waals surface area contributed by atoms with E-state index in [0.717, 1.165) is 31.7 Å². The smallest absolute Gasteiger partial charge is 0.253 e. The number of anilines is 4. The Morgan fingerprint density at radius 3 is 2.70 bits per heavy atom. The molecule has 1 aliphatic heterocycles. The minimum atomic E-state index is -0.199. The van der Waals surface area contributed by atoms with Gasteiger partial charge in [0.25, 0.3) is 5.91 Å². The zero-order valence-electron chi connectivity index (χ0n) is 16.5. The molecule has 1 aliphatic rings. The van der Waals surface area contributed by atoms with E-state index >= 15 is 0 Å². The first-order valence-corrected chi connectivity index (χ1v) is 10.1. The van der Waals surface area contributed by atoms with Crippen molar-refractivity contribution in [1.29, 1.82) is 0 Å². The molecule has 1 amide bonds. The second-order valence-corrected chi connectivity index (χ2v) is 7.27. The molecule has 0 saturated heterocycles. The van der Waals surface area contributed by atoms with E-state index in [4.69, 9.17) is 16.3 Å². The van der Waals surface area contributed by atoms with Crippen LogP contribution in [0.5, 0.6) is 0 Å². The van der Waals surface area contributed by atoms with Gasteiger partial charge in [0.2, 0.25) is 5.95 Å². The average Bonchev–Trinajstić information content (AvgIpc) is 3.01. The number of halogens is 1. The molecule has 3 aromatic rings. The van der Waals surface area contributed by atoms with E-state index in [9.17, 15) is 4.79 Å². The number of carbonyl (C=O) groups is 1. The normalized spacial score (nSPS) is 13.1. The van der Waals surface area contributed by atoms with Crippen molar-refractivity contribution in [1.82, 2.24) is 15.3 Å². The largest absolute Gasteiger partial charge is 0.381 e. The standard InChI is InChI=1S/C22H22ClN5O2/c1-24-21(29)17-4-2-3-5-19(17)27-20-18(23)13-25-22(28-20)26-16-7-6-14-8-10-30-11-9-15(14)12-16/h2-7,12-13H,8-11H2,1H3,(H,24,29)(H2,25,26,27,28). The molecule has 2 heterocycles. The molecule has 0 spiro atoms. The second kappa shape index (κ2) is 9.11. The summed E-state index contributed by atoms with van der Waals surface area (Å²) in [7, 11) is 1.59. The Morgan fingerprint density at radius 1 is 1.07 bits per heavy atom. The van der Waals surface area contributed by atoms with Crippen LogP contribution in [-0.4, -0.2) is 36.1 Å². The van der Waals surface area contributed by atoms with Gasteiger partial charge in [0.1, 0.15) is 5.02 Å². The number of carbonyl (C=O) groups excluding carboxylic acids is 1. The summed E-state index contributed by atoms with van der Waals surface area (Å²) in [5.41, 5.74) is 4.58. The molecule has 0 radical (unpaired) electrons. The monoisotopic (exact) mass is 423 g/mol. The number of fused-ring (bicyclic) bond motifs is 1. The van der Waals surface area contributed by atoms with Gasteiger partial charge in [-0.2, -0.15) is 4.98 Å². The molecule has 0 unspecified atom stereocenters. The van der Waals surface area contributed by atoms with Crippen LogP contribution in [0.15, 0.2) is 48.7 Å². The number of hydrogen-bond donors (Lipinski definition) is 3. The third-order valence-electron chi connectivity index (χ3n) is 4.89. The van der Waals surface area contributed by atoms with Gasteiger partial charge in [-0.3, -0.25) is 4.79 Å². The first-order valence-electron chi connectivity index (χ1n) is 9.71. The lowest BCUT2D eigenvalue weighted by molar-refractivity contribution is 0.0964. The molecule has 0 atom stereocenters. The zero-order valence-corrected chi connectivity index (χ0v) is 17.3. The van der Waals surface area contributed by atoms with Crippen LogP contribution in [0.3, 0.4) is 0 Å². The van der Waals surface area contributed by atoms with Crippen molar-refractivity contribution < 1.29 is 9.53 Å². The molecule has 0 fully saturated rings. The summed E-state index contributed by atoms with van der Waals surface area (Å²) in [5.74, 6) is 0.619. The van der Waals surface area contributed by atoms with Crippen molar-refractivity contribution in [3.8, 4) is 0 Å². The van der Waals surface area contributed by atoms with Gasteiger partial charge in [-0.25, -0.2) is 4.98 Å². The number of benzene rings is 2. The molecule has 3 N–H and O–H groups in total. The highest BCUT2D eigenvalue weighted by atomic mass is 35.5. The number of para-hydroxylation sites is 1. The van der Waals surface area contributed by atoms with Crippen LogP contribution in [0.4, 0.5) is 23.1 Å². The molecule has 2 aromatic carbocycles. The van der Waals surface area contributed by atoms with Crippen LogP contribution >= 0.6 is 11.6 Å². The number of ether oxygens (including phenoxy) is 1. The van der Waals surface area contributed by atoms with Gasteiger partial charge >= 0.3 is 0 Å².